The third kappa shape index (κ3) is 4.72. The molecule has 0 heterocycles. The Morgan fingerprint density at radius 2 is 1.73 bits per heavy atom. The van der Waals surface area contributed by atoms with E-state index in [9.17, 15) is 26.4 Å². The third-order valence-electron chi connectivity index (χ3n) is 2.99. The van der Waals surface area contributed by atoms with Crippen LogP contribution in [0.1, 0.15) is 31.1 Å². The van der Waals surface area contributed by atoms with Gasteiger partial charge in [0.25, 0.3) is 5.91 Å². The molecule has 0 spiro atoms. The zero-order valence-corrected chi connectivity index (χ0v) is 13.5. The number of hydrogen-bond acceptors (Lipinski definition) is 3. The lowest BCUT2D eigenvalue weighted by atomic mass is 9.86. The number of rotatable bonds is 3. The molecule has 22 heavy (non-hydrogen) atoms. The fraction of sp³-hybridized carbons (Fsp3) is 0.500. The summed E-state index contributed by atoms with van der Waals surface area (Å²) >= 11 is 0. The Labute approximate surface area is 127 Å². The van der Waals surface area contributed by atoms with Gasteiger partial charge in [0.05, 0.1) is 4.90 Å². The van der Waals surface area contributed by atoms with Crippen LogP contribution in [0.4, 0.5) is 13.2 Å². The number of carbonyl (C=O) groups is 1. The number of carbonyl (C=O) groups excluding carboxylic acids is 1. The van der Waals surface area contributed by atoms with E-state index in [1.54, 1.807) is 0 Å². The van der Waals surface area contributed by atoms with Crippen LogP contribution in [-0.4, -0.2) is 32.8 Å². The average molecular weight is 337 g/mol. The number of sulfone groups is 1. The normalized spacial score (nSPS) is 14.5. The lowest BCUT2D eigenvalue weighted by molar-refractivity contribution is -0.174. The largest absolute Gasteiger partial charge is 0.409 e. The standard InChI is InChI=1S/C14H18F3NO3S/c1-13(2,3)12(14(15,16)17)18-11(19)9-6-5-7-10(8-9)22(4,20)21/h5-8,12H,1-4H3,(H,18,19)/t12-/m0/s1. The number of nitrogens with one attached hydrogen (secondary N) is 1. The molecular formula is C14H18F3NO3S. The molecular weight excluding hydrogens is 319 g/mol. The van der Waals surface area contributed by atoms with Gasteiger partial charge in [-0.2, -0.15) is 13.2 Å². The lowest BCUT2D eigenvalue weighted by Crippen LogP contribution is -2.53. The molecule has 0 radical (unpaired) electrons. The number of halogens is 3. The van der Waals surface area contributed by atoms with Crippen molar-refractivity contribution in [2.45, 2.75) is 37.9 Å². The first-order valence-corrected chi connectivity index (χ1v) is 8.30. The van der Waals surface area contributed by atoms with E-state index >= 15 is 0 Å². The van der Waals surface area contributed by atoms with Crippen molar-refractivity contribution < 1.29 is 26.4 Å². The molecule has 1 rings (SSSR count). The van der Waals surface area contributed by atoms with Crippen LogP contribution >= 0.6 is 0 Å². The van der Waals surface area contributed by atoms with Crippen LogP contribution in [0.2, 0.25) is 0 Å². The molecule has 1 atom stereocenters. The number of amides is 1. The minimum absolute atomic E-state index is 0.125. The number of benzene rings is 1. The second kappa shape index (κ2) is 5.91. The molecule has 0 aromatic heterocycles. The molecule has 8 heteroatoms. The van der Waals surface area contributed by atoms with Crippen LogP contribution < -0.4 is 5.32 Å². The van der Waals surface area contributed by atoms with E-state index in [1.807, 2.05) is 5.32 Å². The minimum Gasteiger partial charge on any atom is -0.340 e. The molecule has 0 aliphatic rings. The summed E-state index contributed by atoms with van der Waals surface area (Å²) in [5.41, 5.74) is -1.37. The molecule has 0 saturated heterocycles. The second-order valence-electron chi connectivity index (χ2n) is 6.11. The molecule has 124 valence electrons. The summed E-state index contributed by atoms with van der Waals surface area (Å²) in [6.45, 7) is 4.08. The summed E-state index contributed by atoms with van der Waals surface area (Å²) < 4.78 is 62.0. The van der Waals surface area contributed by atoms with Gasteiger partial charge >= 0.3 is 6.18 Å². The van der Waals surface area contributed by atoms with Crippen LogP contribution in [0.3, 0.4) is 0 Å². The maximum absolute atomic E-state index is 13.1. The second-order valence-corrected chi connectivity index (χ2v) is 8.13. The van der Waals surface area contributed by atoms with Crippen molar-refractivity contribution in [2.24, 2.45) is 5.41 Å². The predicted octanol–water partition coefficient (Wildman–Crippen LogP) is 2.80. The molecule has 1 N–H and O–H groups in total. The van der Waals surface area contributed by atoms with Gasteiger partial charge < -0.3 is 5.32 Å². The number of hydrogen-bond donors (Lipinski definition) is 1. The molecule has 0 aliphatic carbocycles. The smallest absolute Gasteiger partial charge is 0.340 e. The SMILES string of the molecule is CC(C)(C)[C@H](NC(=O)c1cccc(S(C)(=O)=O)c1)C(F)(F)F. The first-order chi connectivity index (χ1) is 9.73. The molecule has 4 nitrogen and oxygen atoms in total. The molecule has 0 aliphatic heterocycles. The Bertz CT molecular complexity index is 647. The summed E-state index contributed by atoms with van der Waals surface area (Å²) in [7, 11) is -3.55. The maximum atomic E-state index is 13.1. The molecule has 0 unspecified atom stereocenters. The monoisotopic (exact) mass is 337 g/mol. The van der Waals surface area contributed by atoms with Crippen molar-refractivity contribution in [2.75, 3.05) is 6.26 Å². The van der Waals surface area contributed by atoms with Gasteiger partial charge in [0.1, 0.15) is 6.04 Å². The Hall–Kier alpha value is -1.57. The van der Waals surface area contributed by atoms with Crippen molar-refractivity contribution in [1.82, 2.24) is 5.32 Å². The van der Waals surface area contributed by atoms with Gasteiger partial charge in [-0.05, 0) is 23.6 Å². The highest BCUT2D eigenvalue weighted by atomic mass is 32.2. The van der Waals surface area contributed by atoms with Crippen LogP contribution in [0, 0.1) is 5.41 Å². The molecule has 1 amide bonds. The first kappa shape index (κ1) is 18.5. The maximum Gasteiger partial charge on any atom is 0.409 e. The van der Waals surface area contributed by atoms with Crippen LogP contribution in [-0.2, 0) is 9.84 Å². The molecule has 0 saturated carbocycles. The highest BCUT2D eigenvalue weighted by molar-refractivity contribution is 7.90. The van der Waals surface area contributed by atoms with Crippen LogP contribution in [0.25, 0.3) is 0 Å². The highest BCUT2D eigenvalue weighted by Gasteiger charge is 2.47. The molecule has 0 bridgehead atoms. The average Bonchev–Trinajstić information content (AvgIpc) is 2.32. The van der Waals surface area contributed by atoms with Crippen molar-refractivity contribution in [1.29, 1.82) is 0 Å². The fourth-order valence-electron chi connectivity index (χ4n) is 1.87. The Kier molecular flexibility index (Phi) is 4.96. The van der Waals surface area contributed by atoms with E-state index in [4.69, 9.17) is 0 Å². The van der Waals surface area contributed by atoms with Gasteiger partial charge in [-0.25, -0.2) is 8.42 Å². The topological polar surface area (TPSA) is 63.2 Å². The summed E-state index contributed by atoms with van der Waals surface area (Å²) in [5, 5.41) is 1.93. The van der Waals surface area contributed by atoms with Crippen LogP contribution in [0.5, 0.6) is 0 Å². The van der Waals surface area contributed by atoms with E-state index in [2.05, 4.69) is 0 Å². The summed E-state index contributed by atoms with van der Waals surface area (Å²) in [4.78, 5) is 11.9. The lowest BCUT2D eigenvalue weighted by Gasteiger charge is -2.33. The van der Waals surface area contributed by atoms with E-state index in [1.165, 1.54) is 39.0 Å². The van der Waals surface area contributed by atoms with Crippen molar-refractivity contribution in [3.63, 3.8) is 0 Å². The Morgan fingerprint density at radius 3 is 2.14 bits per heavy atom. The Morgan fingerprint density at radius 1 is 1.18 bits per heavy atom. The Balaban J connectivity index is 3.12. The minimum atomic E-state index is -4.61. The van der Waals surface area contributed by atoms with E-state index in [0.717, 1.165) is 12.3 Å². The van der Waals surface area contributed by atoms with E-state index in [0.29, 0.717) is 0 Å². The van der Waals surface area contributed by atoms with Gasteiger partial charge in [-0.3, -0.25) is 4.79 Å². The van der Waals surface area contributed by atoms with Crippen molar-refractivity contribution in [3.05, 3.63) is 29.8 Å². The predicted molar refractivity (Wildman–Crippen MR) is 76.3 cm³/mol. The van der Waals surface area contributed by atoms with Gasteiger partial charge in [0, 0.05) is 11.8 Å². The summed E-state index contributed by atoms with van der Waals surface area (Å²) in [6.07, 6.45) is -3.65. The van der Waals surface area contributed by atoms with Gasteiger partial charge in [0.2, 0.25) is 0 Å². The molecule has 0 fully saturated rings. The molecule has 1 aromatic carbocycles. The summed E-state index contributed by atoms with van der Waals surface area (Å²) in [6, 6.07) is 2.86. The van der Waals surface area contributed by atoms with Gasteiger partial charge in [-0.15, -0.1) is 0 Å². The fourth-order valence-corrected chi connectivity index (χ4v) is 2.54. The molecule has 1 aromatic rings. The van der Waals surface area contributed by atoms with Crippen molar-refractivity contribution >= 4 is 15.7 Å². The zero-order chi connectivity index (χ0) is 17.3. The van der Waals surface area contributed by atoms with Crippen molar-refractivity contribution in [3.8, 4) is 0 Å². The first-order valence-electron chi connectivity index (χ1n) is 6.40. The third-order valence-corrected chi connectivity index (χ3v) is 4.10. The van der Waals surface area contributed by atoms with E-state index < -0.39 is 33.4 Å². The van der Waals surface area contributed by atoms with Crippen LogP contribution in [0.15, 0.2) is 29.2 Å². The zero-order valence-electron chi connectivity index (χ0n) is 12.7. The van der Waals surface area contributed by atoms with Gasteiger partial charge in [0.15, 0.2) is 9.84 Å². The quantitative estimate of drug-likeness (QED) is 0.922. The van der Waals surface area contributed by atoms with Gasteiger partial charge in [-0.1, -0.05) is 26.8 Å². The highest BCUT2D eigenvalue weighted by Crippen LogP contribution is 2.33. The number of alkyl halides is 3. The van der Waals surface area contributed by atoms with E-state index in [-0.39, 0.29) is 10.5 Å². The summed E-state index contributed by atoms with van der Waals surface area (Å²) in [5.74, 6) is -0.970.